The molecule has 0 spiro atoms. The summed E-state index contributed by atoms with van der Waals surface area (Å²) in [7, 11) is 1.69. The molecule has 1 aliphatic rings. The van der Waals surface area contributed by atoms with Gasteiger partial charge in [-0.3, -0.25) is 0 Å². The zero-order chi connectivity index (χ0) is 13.7. The third-order valence-corrected chi connectivity index (χ3v) is 3.83. The molecule has 106 valence electrons. The van der Waals surface area contributed by atoms with E-state index in [0.29, 0.717) is 6.10 Å². The lowest BCUT2D eigenvalue weighted by Gasteiger charge is -2.33. The fraction of sp³-hybridized carbons (Fsp3) is 0.625. The Hall–Kier alpha value is -1.06. The fourth-order valence-corrected chi connectivity index (χ4v) is 2.47. The van der Waals surface area contributed by atoms with E-state index in [4.69, 9.17) is 9.47 Å². The van der Waals surface area contributed by atoms with E-state index in [1.807, 2.05) is 12.1 Å². The molecule has 1 aromatic carbocycles. The van der Waals surface area contributed by atoms with Crippen molar-refractivity contribution in [2.24, 2.45) is 0 Å². The van der Waals surface area contributed by atoms with Gasteiger partial charge in [-0.25, -0.2) is 0 Å². The number of rotatable bonds is 7. The Morgan fingerprint density at radius 2 is 1.95 bits per heavy atom. The molecule has 0 saturated heterocycles. The predicted molar refractivity (Wildman–Crippen MR) is 77.6 cm³/mol. The summed E-state index contributed by atoms with van der Waals surface area (Å²) in [6.45, 7) is 5.23. The van der Waals surface area contributed by atoms with Gasteiger partial charge in [0, 0.05) is 0 Å². The van der Waals surface area contributed by atoms with E-state index in [-0.39, 0.29) is 12.1 Å². The van der Waals surface area contributed by atoms with Gasteiger partial charge in [0.2, 0.25) is 0 Å². The first-order valence-corrected chi connectivity index (χ1v) is 7.27. The maximum Gasteiger partial charge on any atom is 0.118 e. The number of hydrogen-bond acceptors (Lipinski definition) is 3. The van der Waals surface area contributed by atoms with Crippen LogP contribution in [-0.2, 0) is 4.74 Å². The van der Waals surface area contributed by atoms with E-state index >= 15 is 0 Å². The van der Waals surface area contributed by atoms with Crippen LogP contribution in [0.15, 0.2) is 24.3 Å². The standard InChI is InChI=1S/C16H25NO2/c1-4-17-16(12(2)19-15-6-5-7-15)13-8-10-14(18-3)11-9-13/h8-12,15-17H,4-7H2,1-3H3. The minimum absolute atomic E-state index is 0.193. The Labute approximate surface area is 116 Å². The number of benzene rings is 1. The second-order valence-electron chi connectivity index (χ2n) is 5.20. The normalized spacial score (nSPS) is 18.7. The lowest BCUT2D eigenvalue weighted by atomic mass is 9.95. The smallest absolute Gasteiger partial charge is 0.118 e. The molecule has 3 nitrogen and oxygen atoms in total. The van der Waals surface area contributed by atoms with E-state index < -0.39 is 0 Å². The Kier molecular flexibility index (Phi) is 5.23. The Balaban J connectivity index is 2.03. The van der Waals surface area contributed by atoms with E-state index in [1.54, 1.807) is 7.11 Å². The van der Waals surface area contributed by atoms with Crippen LogP contribution in [0, 0.1) is 0 Å². The van der Waals surface area contributed by atoms with Crippen LogP contribution in [0.25, 0.3) is 0 Å². The van der Waals surface area contributed by atoms with Crippen molar-refractivity contribution in [3.8, 4) is 5.75 Å². The van der Waals surface area contributed by atoms with Crippen molar-refractivity contribution in [2.75, 3.05) is 13.7 Å². The summed E-state index contributed by atoms with van der Waals surface area (Å²) >= 11 is 0. The highest BCUT2D eigenvalue weighted by atomic mass is 16.5. The largest absolute Gasteiger partial charge is 0.497 e. The fourth-order valence-electron chi connectivity index (χ4n) is 2.47. The predicted octanol–water partition coefficient (Wildman–Crippen LogP) is 3.30. The van der Waals surface area contributed by atoms with Gasteiger partial charge in [0.15, 0.2) is 0 Å². The molecule has 0 aliphatic heterocycles. The van der Waals surface area contributed by atoms with Gasteiger partial charge in [-0.1, -0.05) is 19.1 Å². The Morgan fingerprint density at radius 3 is 2.42 bits per heavy atom. The van der Waals surface area contributed by atoms with Crippen molar-refractivity contribution in [1.29, 1.82) is 0 Å². The van der Waals surface area contributed by atoms with Crippen molar-refractivity contribution in [1.82, 2.24) is 5.32 Å². The highest BCUT2D eigenvalue weighted by molar-refractivity contribution is 5.29. The van der Waals surface area contributed by atoms with E-state index in [2.05, 4.69) is 31.3 Å². The van der Waals surface area contributed by atoms with Gasteiger partial charge < -0.3 is 14.8 Å². The molecule has 0 heterocycles. The molecule has 2 unspecified atom stereocenters. The van der Waals surface area contributed by atoms with E-state index in [1.165, 1.54) is 24.8 Å². The van der Waals surface area contributed by atoms with Gasteiger partial charge in [0.05, 0.1) is 25.4 Å². The third kappa shape index (κ3) is 3.71. The first-order valence-electron chi connectivity index (χ1n) is 7.27. The van der Waals surface area contributed by atoms with Crippen molar-refractivity contribution in [2.45, 2.75) is 51.4 Å². The van der Waals surface area contributed by atoms with Crippen LogP contribution < -0.4 is 10.1 Å². The second kappa shape index (κ2) is 6.92. The third-order valence-electron chi connectivity index (χ3n) is 3.83. The molecule has 3 heteroatoms. The molecular weight excluding hydrogens is 238 g/mol. The summed E-state index contributed by atoms with van der Waals surface area (Å²) in [4.78, 5) is 0. The maximum absolute atomic E-state index is 6.12. The van der Waals surface area contributed by atoms with Crippen LogP contribution in [0.1, 0.15) is 44.7 Å². The minimum Gasteiger partial charge on any atom is -0.497 e. The topological polar surface area (TPSA) is 30.5 Å². The molecule has 2 atom stereocenters. The van der Waals surface area contributed by atoms with E-state index in [9.17, 15) is 0 Å². The van der Waals surface area contributed by atoms with Gasteiger partial charge in [-0.2, -0.15) is 0 Å². The lowest BCUT2D eigenvalue weighted by molar-refractivity contribution is -0.0581. The summed E-state index contributed by atoms with van der Waals surface area (Å²) in [5, 5.41) is 3.52. The number of methoxy groups -OCH3 is 1. The molecule has 0 amide bonds. The molecule has 1 fully saturated rings. The van der Waals surface area contributed by atoms with Crippen molar-refractivity contribution in [3.63, 3.8) is 0 Å². The quantitative estimate of drug-likeness (QED) is 0.818. The molecule has 1 saturated carbocycles. The maximum atomic E-state index is 6.12. The van der Waals surface area contributed by atoms with E-state index in [0.717, 1.165) is 12.3 Å². The molecule has 0 radical (unpaired) electrons. The molecule has 1 N–H and O–H groups in total. The summed E-state index contributed by atoms with van der Waals surface area (Å²) in [5.41, 5.74) is 1.26. The highest BCUT2D eigenvalue weighted by Crippen LogP contribution is 2.28. The van der Waals surface area contributed by atoms with Gasteiger partial charge in [-0.15, -0.1) is 0 Å². The molecule has 19 heavy (non-hydrogen) atoms. The monoisotopic (exact) mass is 263 g/mol. The number of ether oxygens (including phenoxy) is 2. The zero-order valence-corrected chi connectivity index (χ0v) is 12.2. The van der Waals surface area contributed by atoms with Crippen molar-refractivity contribution >= 4 is 0 Å². The summed E-state index contributed by atoms with van der Waals surface area (Å²) in [6, 6.07) is 8.50. The molecule has 1 aromatic rings. The molecule has 1 aliphatic carbocycles. The molecule has 0 aromatic heterocycles. The highest BCUT2D eigenvalue weighted by Gasteiger charge is 2.25. The number of hydrogen-bond donors (Lipinski definition) is 1. The van der Waals surface area contributed by atoms with Crippen molar-refractivity contribution in [3.05, 3.63) is 29.8 Å². The molecular formula is C16H25NO2. The summed E-state index contributed by atoms with van der Waals surface area (Å²) < 4.78 is 11.3. The first kappa shape index (κ1) is 14.4. The Morgan fingerprint density at radius 1 is 1.26 bits per heavy atom. The first-order chi connectivity index (χ1) is 9.24. The lowest BCUT2D eigenvalue weighted by Crippen LogP contribution is -2.36. The summed E-state index contributed by atoms with van der Waals surface area (Å²) in [6.07, 6.45) is 4.40. The molecule has 2 rings (SSSR count). The summed E-state index contributed by atoms with van der Waals surface area (Å²) in [5.74, 6) is 0.895. The van der Waals surface area contributed by atoms with Gasteiger partial charge in [0.25, 0.3) is 0 Å². The average molecular weight is 263 g/mol. The van der Waals surface area contributed by atoms with Crippen LogP contribution in [0.4, 0.5) is 0 Å². The van der Waals surface area contributed by atoms with Crippen molar-refractivity contribution < 1.29 is 9.47 Å². The molecule has 0 bridgehead atoms. The Bertz CT molecular complexity index is 373. The number of likely N-dealkylation sites (N-methyl/N-ethyl adjacent to an activating group) is 1. The average Bonchev–Trinajstić information content (AvgIpc) is 2.40. The SMILES string of the molecule is CCNC(c1ccc(OC)cc1)C(C)OC1CCC1. The van der Waals surface area contributed by atoms with Crippen LogP contribution >= 0.6 is 0 Å². The van der Waals surface area contributed by atoms with Gasteiger partial charge in [0.1, 0.15) is 5.75 Å². The van der Waals surface area contributed by atoms with Crippen LogP contribution in [0.2, 0.25) is 0 Å². The second-order valence-corrected chi connectivity index (χ2v) is 5.20. The van der Waals surface area contributed by atoms with Gasteiger partial charge >= 0.3 is 0 Å². The number of nitrogens with one attached hydrogen (secondary N) is 1. The zero-order valence-electron chi connectivity index (χ0n) is 12.2. The van der Waals surface area contributed by atoms with Crippen LogP contribution in [0.5, 0.6) is 5.75 Å². The van der Waals surface area contributed by atoms with Gasteiger partial charge in [-0.05, 0) is 50.4 Å². The minimum atomic E-state index is 0.193. The van der Waals surface area contributed by atoms with Crippen LogP contribution in [-0.4, -0.2) is 25.9 Å². The van der Waals surface area contributed by atoms with Crippen LogP contribution in [0.3, 0.4) is 0 Å².